The zero-order valence-electron chi connectivity index (χ0n) is 15.5. The largest absolute Gasteiger partial charge is 0.493 e. The van der Waals surface area contributed by atoms with Gasteiger partial charge in [0, 0.05) is 38.1 Å². The first-order valence-electron chi connectivity index (χ1n) is 8.77. The molecule has 0 radical (unpaired) electrons. The van der Waals surface area contributed by atoms with Crippen LogP contribution in [0.25, 0.3) is 0 Å². The number of rotatable bonds is 7. The highest BCUT2D eigenvalue weighted by Crippen LogP contribution is 2.29. The maximum atomic E-state index is 12.6. The monoisotopic (exact) mass is 392 g/mol. The van der Waals surface area contributed by atoms with Gasteiger partial charge in [-0.3, -0.25) is 0 Å². The number of nitrogens with zero attached hydrogens (tertiary/aromatic N) is 3. The van der Waals surface area contributed by atoms with E-state index in [1.165, 1.54) is 26.4 Å². The van der Waals surface area contributed by atoms with Crippen molar-refractivity contribution in [2.75, 3.05) is 38.8 Å². The maximum absolute atomic E-state index is 12.6. The summed E-state index contributed by atoms with van der Waals surface area (Å²) in [6.45, 7) is 2.03. The van der Waals surface area contributed by atoms with Gasteiger partial charge < -0.3 is 14.4 Å². The van der Waals surface area contributed by atoms with E-state index in [0.717, 1.165) is 31.9 Å². The number of aromatic nitrogens is 2. The van der Waals surface area contributed by atoms with Gasteiger partial charge in [-0.2, -0.15) is 0 Å². The minimum atomic E-state index is -3.61. The molecule has 0 amide bonds. The summed E-state index contributed by atoms with van der Waals surface area (Å²) in [5.41, 5.74) is 0. The molecular formula is C18H24N4O4S. The topological polar surface area (TPSA) is 93.7 Å². The highest BCUT2D eigenvalue weighted by atomic mass is 32.2. The molecule has 0 spiro atoms. The predicted molar refractivity (Wildman–Crippen MR) is 102 cm³/mol. The third-order valence-corrected chi connectivity index (χ3v) is 6.10. The number of ether oxygens (including phenoxy) is 2. The summed E-state index contributed by atoms with van der Waals surface area (Å²) in [6, 6.07) is 6.36. The number of methoxy groups -OCH3 is 2. The average Bonchev–Trinajstić information content (AvgIpc) is 2.72. The fourth-order valence-electron chi connectivity index (χ4n) is 3.09. The Labute approximate surface area is 159 Å². The van der Waals surface area contributed by atoms with E-state index in [-0.39, 0.29) is 10.8 Å². The van der Waals surface area contributed by atoms with E-state index in [1.54, 1.807) is 24.5 Å². The maximum Gasteiger partial charge on any atom is 0.240 e. The Kier molecular flexibility index (Phi) is 6.12. The van der Waals surface area contributed by atoms with Crippen molar-refractivity contribution in [3.63, 3.8) is 0 Å². The molecule has 9 heteroatoms. The number of piperidine rings is 1. The molecule has 0 atom stereocenters. The van der Waals surface area contributed by atoms with Crippen molar-refractivity contribution < 1.29 is 17.9 Å². The first-order valence-corrected chi connectivity index (χ1v) is 10.3. The van der Waals surface area contributed by atoms with Crippen LogP contribution in [-0.4, -0.2) is 52.2 Å². The summed E-state index contributed by atoms with van der Waals surface area (Å²) < 4.78 is 38.2. The Bertz CT molecular complexity index is 853. The van der Waals surface area contributed by atoms with Crippen LogP contribution in [0.3, 0.4) is 0 Å². The fraction of sp³-hybridized carbons (Fsp3) is 0.444. The summed E-state index contributed by atoms with van der Waals surface area (Å²) in [6.07, 6.45) is 5.22. The SMILES string of the molecule is COc1ccc(S(=O)(=O)NCC2CCN(c3ncccn3)CC2)cc1OC. The van der Waals surface area contributed by atoms with Crippen LogP contribution in [0.4, 0.5) is 5.95 Å². The van der Waals surface area contributed by atoms with Crippen LogP contribution < -0.4 is 19.1 Å². The highest BCUT2D eigenvalue weighted by molar-refractivity contribution is 7.89. The third kappa shape index (κ3) is 4.67. The summed E-state index contributed by atoms with van der Waals surface area (Å²) in [4.78, 5) is 10.8. The molecule has 8 nitrogen and oxygen atoms in total. The molecule has 146 valence electrons. The molecule has 1 aromatic carbocycles. The van der Waals surface area contributed by atoms with E-state index < -0.39 is 10.0 Å². The van der Waals surface area contributed by atoms with Gasteiger partial charge >= 0.3 is 0 Å². The molecule has 0 saturated carbocycles. The number of hydrogen-bond donors (Lipinski definition) is 1. The summed E-state index contributed by atoms with van der Waals surface area (Å²) in [5, 5.41) is 0. The molecule has 1 saturated heterocycles. The molecular weight excluding hydrogens is 368 g/mol. The second-order valence-corrected chi connectivity index (χ2v) is 8.11. The second kappa shape index (κ2) is 8.53. The second-order valence-electron chi connectivity index (χ2n) is 6.35. The lowest BCUT2D eigenvalue weighted by atomic mass is 9.97. The van der Waals surface area contributed by atoms with Crippen LogP contribution in [0.2, 0.25) is 0 Å². The lowest BCUT2D eigenvalue weighted by Crippen LogP contribution is -2.39. The van der Waals surface area contributed by atoms with Crippen molar-refractivity contribution in [3.05, 3.63) is 36.7 Å². The molecule has 3 rings (SSSR count). The van der Waals surface area contributed by atoms with Crippen molar-refractivity contribution >= 4 is 16.0 Å². The van der Waals surface area contributed by atoms with Crippen molar-refractivity contribution in [3.8, 4) is 11.5 Å². The molecule has 1 N–H and O–H groups in total. The van der Waals surface area contributed by atoms with Gasteiger partial charge in [0.05, 0.1) is 19.1 Å². The first kappa shape index (κ1) is 19.4. The van der Waals surface area contributed by atoms with Crippen molar-refractivity contribution in [1.29, 1.82) is 0 Å². The molecule has 27 heavy (non-hydrogen) atoms. The van der Waals surface area contributed by atoms with E-state index in [4.69, 9.17) is 9.47 Å². The van der Waals surface area contributed by atoms with Gasteiger partial charge in [0.15, 0.2) is 11.5 Å². The molecule has 1 fully saturated rings. The molecule has 0 aliphatic carbocycles. The van der Waals surface area contributed by atoms with E-state index >= 15 is 0 Å². The minimum Gasteiger partial charge on any atom is -0.493 e. The van der Waals surface area contributed by atoms with Gasteiger partial charge in [0.25, 0.3) is 0 Å². The van der Waals surface area contributed by atoms with E-state index in [2.05, 4.69) is 19.6 Å². The normalized spacial score (nSPS) is 15.6. The standard InChI is InChI=1S/C18H24N4O4S/c1-25-16-5-4-15(12-17(16)26-2)27(23,24)21-13-14-6-10-22(11-7-14)18-19-8-3-9-20-18/h3-5,8-9,12,14,21H,6-7,10-11,13H2,1-2H3. The van der Waals surface area contributed by atoms with E-state index in [0.29, 0.717) is 18.0 Å². The predicted octanol–water partition coefficient (Wildman–Crippen LogP) is 1.69. The Hall–Kier alpha value is -2.39. The fourth-order valence-corrected chi connectivity index (χ4v) is 4.22. The van der Waals surface area contributed by atoms with Crippen LogP contribution in [0.1, 0.15) is 12.8 Å². The van der Waals surface area contributed by atoms with Gasteiger partial charge in [0.1, 0.15) is 0 Å². The number of sulfonamides is 1. The Morgan fingerprint density at radius 3 is 2.41 bits per heavy atom. The van der Waals surface area contributed by atoms with Gasteiger partial charge in [-0.15, -0.1) is 0 Å². The minimum absolute atomic E-state index is 0.162. The number of nitrogens with one attached hydrogen (secondary N) is 1. The van der Waals surface area contributed by atoms with Crippen LogP contribution in [0.5, 0.6) is 11.5 Å². The molecule has 2 aromatic rings. The molecule has 0 bridgehead atoms. The van der Waals surface area contributed by atoms with Gasteiger partial charge in [-0.25, -0.2) is 23.1 Å². The molecule has 1 aliphatic heterocycles. The summed E-state index contributed by atoms with van der Waals surface area (Å²) >= 11 is 0. The number of hydrogen-bond acceptors (Lipinski definition) is 7. The van der Waals surface area contributed by atoms with E-state index in [9.17, 15) is 8.42 Å². The van der Waals surface area contributed by atoms with Crippen LogP contribution in [0.15, 0.2) is 41.6 Å². The van der Waals surface area contributed by atoms with Crippen molar-refractivity contribution in [1.82, 2.24) is 14.7 Å². The number of benzene rings is 1. The van der Waals surface area contributed by atoms with Crippen LogP contribution >= 0.6 is 0 Å². The molecule has 2 heterocycles. The van der Waals surface area contributed by atoms with E-state index in [1.807, 2.05) is 0 Å². The third-order valence-electron chi connectivity index (χ3n) is 4.68. The lowest BCUT2D eigenvalue weighted by molar-refractivity contribution is 0.353. The Morgan fingerprint density at radius 1 is 1.11 bits per heavy atom. The quantitative estimate of drug-likeness (QED) is 0.766. The first-order chi connectivity index (χ1) is 13.0. The van der Waals surface area contributed by atoms with Crippen LogP contribution in [-0.2, 0) is 10.0 Å². The number of anilines is 1. The average molecular weight is 392 g/mol. The Morgan fingerprint density at radius 2 is 1.78 bits per heavy atom. The lowest BCUT2D eigenvalue weighted by Gasteiger charge is -2.31. The molecule has 1 aromatic heterocycles. The highest BCUT2D eigenvalue weighted by Gasteiger charge is 2.23. The smallest absolute Gasteiger partial charge is 0.240 e. The van der Waals surface area contributed by atoms with Crippen molar-refractivity contribution in [2.45, 2.75) is 17.7 Å². The molecule has 0 unspecified atom stereocenters. The summed E-state index contributed by atoms with van der Waals surface area (Å²) in [7, 11) is -0.618. The zero-order chi connectivity index (χ0) is 19.3. The van der Waals surface area contributed by atoms with Gasteiger partial charge in [-0.05, 0) is 37.0 Å². The van der Waals surface area contributed by atoms with Crippen LogP contribution in [0, 0.1) is 5.92 Å². The molecule has 1 aliphatic rings. The summed E-state index contributed by atoms with van der Waals surface area (Å²) in [5.74, 6) is 1.88. The van der Waals surface area contributed by atoms with Gasteiger partial charge in [0.2, 0.25) is 16.0 Å². The van der Waals surface area contributed by atoms with Gasteiger partial charge in [-0.1, -0.05) is 0 Å². The Balaban J connectivity index is 1.57. The zero-order valence-corrected chi connectivity index (χ0v) is 16.3. The van der Waals surface area contributed by atoms with Crippen molar-refractivity contribution in [2.24, 2.45) is 5.92 Å².